The zero-order valence-electron chi connectivity index (χ0n) is 15.3. The summed E-state index contributed by atoms with van der Waals surface area (Å²) in [6.45, 7) is 2.51. The Hall–Kier alpha value is -1.73. The minimum absolute atomic E-state index is 0.0160. The van der Waals surface area contributed by atoms with E-state index in [1.54, 1.807) is 12.3 Å². The maximum absolute atomic E-state index is 13.2. The Morgan fingerprint density at radius 1 is 1.22 bits per heavy atom. The molecule has 5 nitrogen and oxygen atoms in total. The number of carbonyl (C=O) groups is 2. The van der Waals surface area contributed by atoms with Crippen molar-refractivity contribution in [2.75, 3.05) is 6.61 Å². The second-order valence-electron chi connectivity index (χ2n) is 6.58. The number of thiazole rings is 1. The van der Waals surface area contributed by atoms with Crippen LogP contribution in [0.15, 0.2) is 34.1 Å². The highest BCUT2D eigenvalue weighted by Gasteiger charge is 2.27. The highest BCUT2D eigenvalue weighted by Crippen LogP contribution is 2.27. The van der Waals surface area contributed by atoms with Crippen LogP contribution in [0.2, 0.25) is 0 Å². The van der Waals surface area contributed by atoms with Gasteiger partial charge in [-0.2, -0.15) is 0 Å². The van der Waals surface area contributed by atoms with Gasteiger partial charge < -0.3 is 9.64 Å². The van der Waals surface area contributed by atoms with Gasteiger partial charge in [-0.15, -0.1) is 11.3 Å². The molecule has 0 saturated heterocycles. The van der Waals surface area contributed by atoms with Crippen LogP contribution < -0.4 is 0 Å². The lowest BCUT2D eigenvalue weighted by atomic mass is 9.93. The summed E-state index contributed by atoms with van der Waals surface area (Å²) in [6.07, 6.45) is 5.53. The first-order valence-corrected chi connectivity index (χ1v) is 10.9. The van der Waals surface area contributed by atoms with Gasteiger partial charge in [0.15, 0.2) is 5.69 Å². The predicted molar refractivity (Wildman–Crippen MR) is 109 cm³/mol. The van der Waals surface area contributed by atoms with Gasteiger partial charge in [0, 0.05) is 21.5 Å². The monoisotopic (exact) mass is 450 g/mol. The molecule has 3 rings (SSSR count). The topological polar surface area (TPSA) is 59.5 Å². The smallest absolute Gasteiger partial charge is 0.357 e. The van der Waals surface area contributed by atoms with E-state index in [0.717, 1.165) is 35.2 Å². The number of esters is 1. The van der Waals surface area contributed by atoms with E-state index < -0.39 is 5.97 Å². The van der Waals surface area contributed by atoms with Gasteiger partial charge in [0.2, 0.25) is 0 Å². The number of amides is 1. The molecule has 1 aromatic carbocycles. The Labute approximate surface area is 171 Å². The van der Waals surface area contributed by atoms with Crippen molar-refractivity contribution < 1.29 is 14.3 Å². The van der Waals surface area contributed by atoms with E-state index in [2.05, 4.69) is 20.9 Å². The van der Waals surface area contributed by atoms with Crippen LogP contribution in [0.25, 0.3) is 0 Å². The zero-order valence-corrected chi connectivity index (χ0v) is 17.7. The Morgan fingerprint density at radius 3 is 2.59 bits per heavy atom. The van der Waals surface area contributed by atoms with Crippen LogP contribution in [0.3, 0.4) is 0 Å². The first-order chi connectivity index (χ1) is 13.1. The fraction of sp³-hybridized carbons (Fsp3) is 0.450. The van der Waals surface area contributed by atoms with Crippen molar-refractivity contribution in [3.8, 4) is 0 Å². The van der Waals surface area contributed by atoms with Crippen molar-refractivity contribution in [2.24, 2.45) is 0 Å². The first-order valence-electron chi connectivity index (χ1n) is 9.26. The number of hydrogen-bond acceptors (Lipinski definition) is 5. The van der Waals surface area contributed by atoms with Gasteiger partial charge in [-0.3, -0.25) is 4.79 Å². The summed E-state index contributed by atoms with van der Waals surface area (Å²) in [5, 5.41) is 2.46. The molecule has 1 aliphatic carbocycles. The summed E-state index contributed by atoms with van der Waals surface area (Å²) < 4.78 is 5.96. The van der Waals surface area contributed by atoms with Crippen molar-refractivity contribution in [2.45, 2.75) is 51.6 Å². The van der Waals surface area contributed by atoms with Gasteiger partial charge in [-0.05, 0) is 44.0 Å². The van der Waals surface area contributed by atoms with Crippen molar-refractivity contribution in [1.29, 1.82) is 0 Å². The summed E-state index contributed by atoms with van der Waals surface area (Å²) in [4.78, 5) is 31.4. The van der Waals surface area contributed by atoms with E-state index in [-0.39, 0.29) is 11.9 Å². The van der Waals surface area contributed by atoms with Gasteiger partial charge in [0.1, 0.15) is 5.01 Å². The molecule has 0 atom stereocenters. The quantitative estimate of drug-likeness (QED) is 0.577. The van der Waals surface area contributed by atoms with Gasteiger partial charge >= 0.3 is 5.97 Å². The van der Waals surface area contributed by atoms with Crippen molar-refractivity contribution in [3.05, 3.63) is 50.4 Å². The van der Waals surface area contributed by atoms with Gasteiger partial charge in [-0.1, -0.05) is 35.2 Å². The maximum Gasteiger partial charge on any atom is 0.357 e. The summed E-state index contributed by atoms with van der Waals surface area (Å²) in [5.74, 6) is -0.397. The third kappa shape index (κ3) is 5.17. The third-order valence-electron chi connectivity index (χ3n) is 4.71. The summed E-state index contributed by atoms with van der Waals surface area (Å²) in [6, 6.07) is 7.66. The van der Waals surface area contributed by atoms with Crippen LogP contribution in [0.4, 0.5) is 0 Å². The Kier molecular flexibility index (Phi) is 7.01. The lowest BCUT2D eigenvalue weighted by molar-refractivity contribution is 0.0520. The molecular formula is C20H23BrN2O3S. The van der Waals surface area contributed by atoms with Crippen LogP contribution in [-0.4, -0.2) is 34.4 Å². The SMILES string of the molecule is CCOC(=O)c1csc(CN(C(=O)c2ccc(Br)cc2)C2CCCCC2)n1. The zero-order chi connectivity index (χ0) is 19.2. The van der Waals surface area contributed by atoms with Gasteiger partial charge in [0.05, 0.1) is 13.2 Å². The largest absolute Gasteiger partial charge is 0.461 e. The number of nitrogens with zero attached hydrogens (tertiary/aromatic N) is 2. The van der Waals surface area contributed by atoms with E-state index >= 15 is 0 Å². The fourth-order valence-corrected chi connectivity index (χ4v) is 4.37. The molecule has 1 amide bonds. The Morgan fingerprint density at radius 2 is 1.93 bits per heavy atom. The minimum atomic E-state index is -0.413. The fourth-order valence-electron chi connectivity index (χ4n) is 3.35. The molecule has 7 heteroatoms. The molecule has 1 aromatic heterocycles. The highest BCUT2D eigenvalue weighted by molar-refractivity contribution is 9.10. The molecule has 0 bridgehead atoms. The molecule has 0 aliphatic heterocycles. The minimum Gasteiger partial charge on any atom is -0.461 e. The third-order valence-corrected chi connectivity index (χ3v) is 6.07. The highest BCUT2D eigenvalue weighted by atomic mass is 79.9. The summed E-state index contributed by atoms with van der Waals surface area (Å²) >= 11 is 4.81. The number of ether oxygens (including phenoxy) is 1. The number of halogens is 1. The molecule has 1 aliphatic rings. The van der Waals surface area contributed by atoms with Crippen LogP contribution in [-0.2, 0) is 11.3 Å². The molecule has 27 heavy (non-hydrogen) atoms. The van der Waals surface area contributed by atoms with Crippen molar-refractivity contribution in [1.82, 2.24) is 9.88 Å². The molecule has 1 saturated carbocycles. The molecule has 0 N–H and O–H groups in total. The summed E-state index contributed by atoms with van der Waals surface area (Å²) in [5.41, 5.74) is 0.988. The summed E-state index contributed by atoms with van der Waals surface area (Å²) in [7, 11) is 0. The van der Waals surface area contributed by atoms with E-state index in [0.29, 0.717) is 24.4 Å². The second kappa shape index (κ2) is 9.46. The number of rotatable bonds is 6. The standard InChI is InChI=1S/C20H23BrN2O3S/c1-2-26-20(25)17-13-27-18(22-17)12-23(16-6-4-3-5-7-16)19(24)14-8-10-15(21)11-9-14/h8-11,13,16H,2-7,12H2,1H3. The predicted octanol–water partition coefficient (Wildman–Crippen LogP) is 5.06. The van der Waals surface area contributed by atoms with Crippen molar-refractivity contribution >= 4 is 39.1 Å². The van der Waals surface area contributed by atoms with Crippen molar-refractivity contribution in [3.63, 3.8) is 0 Å². The molecule has 0 spiro atoms. The van der Waals surface area contributed by atoms with Gasteiger partial charge in [0.25, 0.3) is 5.91 Å². The number of carbonyl (C=O) groups excluding carboxylic acids is 2. The van der Waals surface area contributed by atoms with E-state index in [9.17, 15) is 9.59 Å². The van der Waals surface area contributed by atoms with Crippen LogP contribution in [0.5, 0.6) is 0 Å². The lowest BCUT2D eigenvalue weighted by Crippen LogP contribution is -2.41. The second-order valence-corrected chi connectivity index (χ2v) is 8.44. The molecule has 0 unspecified atom stereocenters. The van der Waals surface area contributed by atoms with E-state index in [1.165, 1.54) is 17.8 Å². The molecule has 1 heterocycles. The van der Waals surface area contributed by atoms with E-state index in [4.69, 9.17) is 4.74 Å². The average molecular weight is 451 g/mol. The molecule has 1 fully saturated rings. The first kappa shape index (κ1) is 20.0. The van der Waals surface area contributed by atoms with Crippen LogP contribution in [0.1, 0.15) is 64.9 Å². The molecule has 2 aromatic rings. The Balaban J connectivity index is 1.80. The molecule has 0 radical (unpaired) electrons. The molecule has 144 valence electrons. The normalized spacial score (nSPS) is 14.7. The number of benzene rings is 1. The Bertz CT molecular complexity index is 785. The van der Waals surface area contributed by atoms with Gasteiger partial charge in [-0.25, -0.2) is 9.78 Å². The molecular weight excluding hydrogens is 428 g/mol. The van der Waals surface area contributed by atoms with Crippen LogP contribution in [0, 0.1) is 0 Å². The lowest BCUT2D eigenvalue weighted by Gasteiger charge is -2.34. The average Bonchev–Trinajstić information content (AvgIpc) is 3.16. The number of hydrogen-bond donors (Lipinski definition) is 0. The maximum atomic E-state index is 13.2. The number of aromatic nitrogens is 1. The van der Waals surface area contributed by atoms with E-state index in [1.807, 2.05) is 29.2 Å². The van der Waals surface area contributed by atoms with Crippen LogP contribution >= 0.6 is 27.3 Å².